The van der Waals surface area contributed by atoms with Crippen LogP contribution in [0, 0.1) is 0 Å². The quantitative estimate of drug-likeness (QED) is 0.390. The van der Waals surface area contributed by atoms with Crippen LogP contribution in [0.15, 0.2) is 48.3 Å². The Hall–Kier alpha value is -2.90. The summed E-state index contributed by atoms with van der Waals surface area (Å²) in [6.07, 6.45) is 12.3. The minimum absolute atomic E-state index is 0.207. The number of carboxylic acids is 1. The molecule has 0 unspecified atom stereocenters. The van der Waals surface area contributed by atoms with Crippen molar-refractivity contribution in [2.24, 2.45) is 0 Å². The average Bonchev–Trinajstić information content (AvgIpc) is 3.69. The van der Waals surface area contributed by atoms with Gasteiger partial charge in [-0.1, -0.05) is 24.3 Å². The first kappa shape index (κ1) is 24.8. The van der Waals surface area contributed by atoms with E-state index in [0.717, 1.165) is 80.7 Å². The summed E-state index contributed by atoms with van der Waals surface area (Å²) in [5.74, 6) is 1.40. The van der Waals surface area contributed by atoms with Crippen LogP contribution in [-0.2, 0) is 16.0 Å². The summed E-state index contributed by atoms with van der Waals surface area (Å²) in [6, 6.07) is 9.44. The Bertz CT molecular complexity index is 1110. The largest absolute Gasteiger partial charge is 0.496 e. The monoisotopic (exact) mass is 491 g/mol. The van der Waals surface area contributed by atoms with Gasteiger partial charge in [0.1, 0.15) is 17.6 Å². The predicted octanol–water partition coefficient (Wildman–Crippen LogP) is 5.30. The molecule has 3 aliphatic rings. The molecule has 1 aromatic carbocycles. The van der Waals surface area contributed by atoms with Crippen LogP contribution in [0.3, 0.4) is 0 Å². The Morgan fingerprint density at radius 3 is 2.81 bits per heavy atom. The molecule has 7 nitrogen and oxygen atoms in total. The van der Waals surface area contributed by atoms with Gasteiger partial charge in [-0.25, -0.2) is 4.98 Å². The molecule has 0 saturated heterocycles. The zero-order valence-corrected chi connectivity index (χ0v) is 21.3. The van der Waals surface area contributed by atoms with Crippen molar-refractivity contribution in [3.8, 4) is 5.75 Å². The normalized spacial score (nSPS) is 21.7. The number of aromatic nitrogens is 1. The van der Waals surface area contributed by atoms with Gasteiger partial charge in [-0.2, -0.15) is 0 Å². The lowest BCUT2D eigenvalue weighted by molar-refractivity contribution is -0.146. The molecular formula is C29H37N3O4. The fraction of sp³-hybridized carbons (Fsp3) is 0.517. The Labute approximate surface area is 213 Å². The fourth-order valence-corrected chi connectivity index (χ4v) is 5.51. The third-order valence-electron chi connectivity index (χ3n) is 7.82. The van der Waals surface area contributed by atoms with Gasteiger partial charge in [0, 0.05) is 30.1 Å². The number of nitrogens with zero attached hydrogens (tertiary/aromatic N) is 2. The van der Waals surface area contributed by atoms with E-state index in [-0.39, 0.29) is 12.1 Å². The highest BCUT2D eigenvalue weighted by Crippen LogP contribution is 2.48. The van der Waals surface area contributed by atoms with Gasteiger partial charge in [0.05, 0.1) is 13.2 Å². The summed E-state index contributed by atoms with van der Waals surface area (Å²) in [7, 11) is 3.60. The fourth-order valence-electron chi connectivity index (χ4n) is 5.51. The second-order valence-corrected chi connectivity index (χ2v) is 10.3. The number of hydrogen-bond acceptors (Lipinski definition) is 6. The first-order chi connectivity index (χ1) is 17.5. The van der Waals surface area contributed by atoms with Crippen molar-refractivity contribution in [3.63, 3.8) is 0 Å². The van der Waals surface area contributed by atoms with Gasteiger partial charge >= 0.3 is 5.97 Å². The highest BCUT2D eigenvalue weighted by molar-refractivity contribution is 5.77. The maximum absolute atomic E-state index is 12.4. The molecule has 2 N–H and O–H groups in total. The van der Waals surface area contributed by atoms with Gasteiger partial charge < -0.3 is 19.9 Å². The van der Waals surface area contributed by atoms with Crippen LogP contribution >= 0.6 is 0 Å². The molecule has 36 heavy (non-hydrogen) atoms. The molecule has 0 spiro atoms. The number of benzene rings is 1. The van der Waals surface area contributed by atoms with Crippen molar-refractivity contribution in [2.75, 3.05) is 26.1 Å². The summed E-state index contributed by atoms with van der Waals surface area (Å²) in [5, 5.41) is 13.6. The standard InChI is InChI=1S/C29H37N3O4/c1-32(27(29(33)34)24-9-5-10-25(35-2)26(24)19-11-12-19)22-17-23(18-22)36-16-4-3-8-21-14-13-20-7-6-15-30-28(20)31-21/h5-7,9-10,14-15,19,22-23,27H,3-4,8,11-13,16-18H2,1-2H3,(H,30,31)(H,33,34)/t22?,23?,27-/m1/s1. The molecule has 1 atom stereocenters. The molecule has 1 aliphatic heterocycles. The molecule has 2 aromatic rings. The second-order valence-electron chi connectivity index (χ2n) is 10.3. The first-order valence-corrected chi connectivity index (χ1v) is 13.2. The number of fused-ring (bicyclic) bond motifs is 1. The Kier molecular flexibility index (Phi) is 7.58. The second kappa shape index (κ2) is 11.0. The third-order valence-corrected chi connectivity index (χ3v) is 7.82. The lowest BCUT2D eigenvalue weighted by Gasteiger charge is -2.43. The van der Waals surface area contributed by atoms with Crippen molar-refractivity contribution in [3.05, 3.63) is 65.0 Å². The van der Waals surface area contributed by atoms with Crippen LogP contribution in [0.2, 0.25) is 0 Å². The number of unbranched alkanes of at least 4 members (excludes halogenated alkanes) is 1. The van der Waals surface area contributed by atoms with Gasteiger partial charge in [0.25, 0.3) is 0 Å². The van der Waals surface area contributed by atoms with Crippen LogP contribution in [0.1, 0.15) is 73.6 Å². The van der Waals surface area contributed by atoms with Crippen LogP contribution in [0.5, 0.6) is 5.75 Å². The number of carbonyl (C=O) groups is 1. The van der Waals surface area contributed by atoms with E-state index in [0.29, 0.717) is 5.92 Å². The minimum atomic E-state index is -0.805. The first-order valence-electron chi connectivity index (χ1n) is 13.2. The molecule has 2 saturated carbocycles. The van der Waals surface area contributed by atoms with Gasteiger partial charge in [-0.3, -0.25) is 9.69 Å². The lowest BCUT2D eigenvalue weighted by Crippen LogP contribution is -2.49. The number of hydrogen-bond donors (Lipinski definition) is 2. The van der Waals surface area contributed by atoms with E-state index < -0.39 is 12.0 Å². The Morgan fingerprint density at radius 2 is 2.06 bits per heavy atom. The van der Waals surface area contributed by atoms with Crippen LogP contribution < -0.4 is 10.1 Å². The number of rotatable bonds is 12. The number of likely N-dealkylation sites (N-methyl/N-ethyl adjacent to an activating group) is 1. The van der Waals surface area contributed by atoms with Crippen molar-refractivity contribution < 1.29 is 19.4 Å². The van der Waals surface area contributed by atoms with Crippen molar-refractivity contribution in [2.45, 2.75) is 75.5 Å². The van der Waals surface area contributed by atoms with E-state index in [2.05, 4.69) is 22.4 Å². The van der Waals surface area contributed by atoms with Gasteiger partial charge in [0.2, 0.25) is 0 Å². The molecule has 0 radical (unpaired) electrons. The molecule has 2 fully saturated rings. The number of pyridine rings is 1. The number of ether oxygens (including phenoxy) is 2. The number of nitrogens with one attached hydrogen (secondary N) is 1. The van der Waals surface area contributed by atoms with Gasteiger partial charge in [-0.05, 0) is 87.6 Å². The number of allylic oxidation sites excluding steroid dienone is 2. The molecule has 1 aromatic heterocycles. The maximum atomic E-state index is 12.4. The summed E-state index contributed by atoms with van der Waals surface area (Å²) in [4.78, 5) is 18.8. The molecule has 2 aliphatic carbocycles. The van der Waals surface area contributed by atoms with Crippen LogP contribution in [0.25, 0.3) is 0 Å². The molecular weight excluding hydrogens is 454 g/mol. The van der Waals surface area contributed by atoms with E-state index in [1.807, 2.05) is 42.4 Å². The zero-order valence-electron chi connectivity index (χ0n) is 21.3. The summed E-state index contributed by atoms with van der Waals surface area (Å²) in [5.41, 5.74) is 4.44. The lowest BCUT2D eigenvalue weighted by atomic mass is 9.85. The zero-order chi connectivity index (χ0) is 25.1. The minimum Gasteiger partial charge on any atom is -0.496 e. The highest BCUT2D eigenvalue weighted by atomic mass is 16.5. The molecule has 7 heteroatoms. The smallest absolute Gasteiger partial charge is 0.325 e. The van der Waals surface area contributed by atoms with E-state index >= 15 is 0 Å². The summed E-state index contributed by atoms with van der Waals surface area (Å²) >= 11 is 0. The van der Waals surface area contributed by atoms with Crippen molar-refractivity contribution in [1.82, 2.24) is 9.88 Å². The van der Waals surface area contributed by atoms with Gasteiger partial charge in [0.15, 0.2) is 0 Å². The number of aliphatic carboxylic acids is 1. The number of anilines is 1. The third kappa shape index (κ3) is 5.42. The molecule has 5 rings (SSSR count). The van der Waals surface area contributed by atoms with Crippen LogP contribution in [0.4, 0.5) is 5.82 Å². The Balaban J connectivity index is 1.07. The highest BCUT2D eigenvalue weighted by Gasteiger charge is 2.41. The van der Waals surface area contributed by atoms with E-state index in [9.17, 15) is 9.90 Å². The molecule has 2 heterocycles. The Morgan fingerprint density at radius 1 is 1.22 bits per heavy atom. The van der Waals surface area contributed by atoms with Crippen molar-refractivity contribution in [1.29, 1.82) is 0 Å². The predicted molar refractivity (Wildman–Crippen MR) is 139 cm³/mol. The summed E-state index contributed by atoms with van der Waals surface area (Å²) < 4.78 is 11.7. The topological polar surface area (TPSA) is 83.9 Å². The molecule has 0 amide bonds. The van der Waals surface area contributed by atoms with E-state index in [1.165, 1.54) is 11.3 Å². The maximum Gasteiger partial charge on any atom is 0.325 e. The molecule has 0 bridgehead atoms. The van der Waals surface area contributed by atoms with Gasteiger partial charge in [-0.15, -0.1) is 0 Å². The summed E-state index contributed by atoms with van der Waals surface area (Å²) in [6.45, 7) is 0.743. The SMILES string of the molecule is COc1cccc([C@H](C(=O)O)N(C)C2CC(OCCCCC3=CCc4cccnc4N3)C2)c1C1CC1. The number of methoxy groups -OCH3 is 1. The number of carboxylic acid groups (broad SMARTS) is 1. The van der Waals surface area contributed by atoms with Crippen molar-refractivity contribution >= 4 is 11.8 Å². The average molecular weight is 492 g/mol. The van der Waals surface area contributed by atoms with E-state index in [4.69, 9.17) is 9.47 Å². The van der Waals surface area contributed by atoms with E-state index in [1.54, 1.807) is 7.11 Å². The van der Waals surface area contributed by atoms with Crippen LogP contribution in [-0.4, -0.2) is 53.9 Å². The molecule has 192 valence electrons.